The number of ether oxygens (including phenoxy) is 1. The van der Waals surface area contributed by atoms with Gasteiger partial charge in [-0.3, -0.25) is 14.5 Å². The smallest absolute Gasteiger partial charge is 0.410 e. The van der Waals surface area contributed by atoms with Gasteiger partial charge in [-0.05, 0) is 57.0 Å². The third-order valence-electron chi connectivity index (χ3n) is 9.31. The first-order valence-corrected chi connectivity index (χ1v) is 16.4. The number of hydrogen-bond donors (Lipinski definition) is 0. The normalized spacial score (nSPS) is 20.4. The van der Waals surface area contributed by atoms with Crippen molar-refractivity contribution >= 4 is 23.6 Å². The summed E-state index contributed by atoms with van der Waals surface area (Å²) in [5, 5.41) is 8.74. The van der Waals surface area contributed by atoms with E-state index < -0.39 is 46.5 Å². The molecular weight excluding hydrogens is 637 g/mol. The lowest BCUT2D eigenvalue weighted by atomic mass is 9.91. The summed E-state index contributed by atoms with van der Waals surface area (Å²) in [5.74, 6) is -2.59. The van der Waals surface area contributed by atoms with Gasteiger partial charge in [-0.25, -0.2) is 18.0 Å². The molecule has 0 unspecified atom stereocenters. The molecule has 49 heavy (non-hydrogen) atoms. The molecular formula is C36H41F3N6O4. The molecule has 0 aliphatic carbocycles. The molecule has 2 atom stereocenters. The van der Waals surface area contributed by atoms with Crippen LogP contribution in [0.3, 0.4) is 0 Å². The number of nitrogens with zero attached hydrogens (tertiary/aromatic N) is 6. The Morgan fingerprint density at radius 1 is 1.02 bits per heavy atom. The molecule has 6 rings (SSSR count). The van der Waals surface area contributed by atoms with Crippen LogP contribution in [0.5, 0.6) is 0 Å². The number of carbonyl (C=O) groups is 3. The highest BCUT2D eigenvalue weighted by Gasteiger charge is 2.44. The van der Waals surface area contributed by atoms with Crippen LogP contribution in [0.2, 0.25) is 0 Å². The number of rotatable bonds is 6. The monoisotopic (exact) mass is 678 g/mol. The Labute approximate surface area is 283 Å². The van der Waals surface area contributed by atoms with E-state index in [2.05, 4.69) is 10.2 Å². The first kappa shape index (κ1) is 34.3. The minimum absolute atomic E-state index is 0.0275. The van der Waals surface area contributed by atoms with E-state index in [9.17, 15) is 27.6 Å². The van der Waals surface area contributed by atoms with Gasteiger partial charge in [-0.1, -0.05) is 32.0 Å². The molecule has 1 aromatic heterocycles. The standard InChI is InChI=1S/C36H41F3N6O4/c1-21-15-42(26(18-44(21)34(48)49-35(2,3)4)17-43-16-23-8-7-9-27(38)31(23)33(43)47)19-30(46)45-20-36(5,6)32-29(45)14-25(40-41-32)12-22-10-11-24(37)13-28(22)39/h7-11,13-14,21,26H,12,15-20H2,1-6H3/t21-,26+/m1/s1. The predicted octanol–water partition coefficient (Wildman–Crippen LogP) is 5.07. The minimum Gasteiger partial charge on any atom is -0.444 e. The second-order valence-corrected chi connectivity index (χ2v) is 14.9. The second-order valence-electron chi connectivity index (χ2n) is 14.9. The Hall–Kier alpha value is -4.52. The number of carbonyl (C=O) groups excluding carboxylic acids is 3. The van der Waals surface area contributed by atoms with Crippen LogP contribution in [-0.2, 0) is 27.9 Å². The highest BCUT2D eigenvalue weighted by molar-refractivity contribution is 5.99. The molecule has 3 aliphatic heterocycles. The van der Waals surface area contributed by atoms with Crippen LogP contribution in [-0.4, -0.2) is 93.2 Å². The van der Waals surface area contributed by atoms with Crippen LogP contribution in [0.25, 0.3) is 0 Å². The average molecular weight is 679 g/mol. The summed E-state index contributed by atoms with van der Waals surface area (Å²) in [5.41, 5.74) is 1.29. The molecule has 0 bridgehead atoms. The molecule has 3 amide bonds. The van der Waals surface area contributed by atoms with Gasteiger partial charge in [0, 0.05) is 62.7 Å². The van der Waals surface area contributed by atoms with E-state index in [1.54, 1.807) is 53.7 Å². The zero-order valence-electron chi connectivity index (χ0n) is 28.6. The summed E-state index contributed by atoms with van der Waals surface area (Å²) >= 11 is 0. The van der Waals surface area contributed by atoms with Crippen molar-refractivity contribution in [3.05, 3.63) is 88.0 Å². The number of fused-ring (bicyclic) bond motifs is 2. The van der Waals surface area contributed by atoms with E-state index in [4.69, 9.17) is 4.74 Å². The fourth-order valence-corrected chi connectivity index (χ4v) is 6.92. The number of piperazine rings is 1. The number of anilines is 1. The molecule has 0 spiro atoms. The highest BCUT2D eigenvalue weighted by Crippen LogP contribution is 2.39. The number of aromatic nitrogens is 2. The Morgan fingerprint density at radius 3 is 2.47 bits per heavy atom. The number of halogens is 3. The molecule has 0 radical (unpaired) electrons. The predicted molar refractivity (Wildman–Crippen MR) is 175 cm³/mol. The van der Waals surface area contributed by atoms with Gasteiger partial charge >= 0.3 is 6.09 Å². The topological polar surface area (TPSA) is 99.2 Å². The van der Waals surface area contributed by atoms with Gasteiger partial charge in [-0.2, -0.15) is 10.2 Å². The molecule has 1 saturated heterocycles. The third kappa shape index (κ3) is 6.99. The van der Waals surface area contributed by atoms with Crippen LogP contribution in [0, 0.1) is 17.5 Å². The Morgan fingerprint density at radius 2 is 1.78 bits per heavy atom. The van der Waals surface area contributed by atoms with Crippen molar-refractivity contribution in [1.82, 2.24) is 24.9 Å². The molecule has 3 aromatic rings. The van der Waals surface area contributed by atoms with Gasteiger partial charge < -0.3 is 19.4 Å². The molecule has 0 N–H and O–H groups in total. The fraction of sp³-hybridized carbons (Fsp3) is 0.472. The summed E-state index contributed by atoms with van der Waals surface area (Å²) < 4.78 is 48.3. The fourth-order valence-electron chi connectivity index (χ4n) is 6.92. The molecule has 2 aromatic carbocycles. The summed E-state index contributed by atoms with van der Waals surface area (Å²) in [4.78, 5) is 47.6. The number of benzene rings is 2. The van der Waals surface area contributed by atoms with Crippen molar-refractivity contribution < 1.29 is 32.3 Å². The van der Waals surface area contributed by atoms with Gasteiger partial charge in [0.1, 0.15) is 23.1 Å². The summed E-state index contributed by atoms with van der Waals surface area (Å²) in [6.07, 6.45) is -0.426. The number of hydrogen-bond acceptors (Lipinski definition) is 7. The summed E-state index contributed by atoms with van der Waals surface area (Å²) in [6.45, 7) is 12.4. The van der Waals surface area contributed by atoms with Gasteiger partial charge in [0.2, 0.25) is 5.91 Å². The van der Waals surface area contributed by atoms with Crippen molar-refractivity contribution in [1.29, 1.82) is 0 Å². The van der Waals surface area contributed by atoms with E-state index >= 15 is 0 Å². The molecule has 4 heterocycles. The maximum absolute atomic E-state index is 14.6. The molecule has 3 aliphatic rings. The zero-order valence-corrected chi connectivity index (χ0v) is 28.6. The Bertz CT molecular complexity index is 1810. The minimum atomic E-state index is -0.719. The van der Waals surface area contributed by atoms with Gasteiger partial charge in [-0.15, -0.1) is 0 Å². The van der Waals surface area contributed by atoms with E-state index in [1.165, 1.54) is 18.2 Å². The Balaban J connectivity index is 1.25. The average Bonchev–Trinajstić information content (AvgIpc) is 3.47. The maximum atomic E-state index is 14.6. The zero-order chi connectivity index (χ0) is 35.4. The van der Waals surface area contributed by atoms with Crippen molar-refractivity contribution in [2.75, 3.05) is 37.6 Å². The quantitative estimate of drug-likeness (QED) is 0.359. The van der Waals surface area contributed by atoms with Crippen LogP contribution >= 0.6 is 0 Å². The van der Waals surface area contributed by atoms with E-state index in [0.29, 0.717) is 35.7 Å². The third-order valence-corrected chi connectivity index (χ3v) is 9.31. The molecule has 260 valence electrons. The number of amides is 3. The second kappa shape index (κ2) is 12.7. The van der Waals surface area contributed by atoms with Crippen LogP contribution in [0.4, 0.5) is 23.7 Å². The lowest BCUT2D eigenvalue weighted by Crippen LogP contribution is -2.63. The lowest BCUT2D eigenvalue weighted by Gasteiger charge is -2.46. The lowest BCUT2D eigenvalue weighted by molar-refractivity contribution is -0.121. The van der Waals surface area contributed by atoms with E-state index in [0.717, 1.165) is 6.07 Å². The summed E-state index contributed by atoms with van der Waals surface area (Å²) in [6, 6.07) is 8.88. The van der Waals surface area contributed by atoms with Gasteiger partial charge in [0.15, 0.2) is 0 Å². The van der Waals surface area contributed by atoms with Crippen LogP contribution in [0.15, 0.2) is 42.5 Å². The molecule has 13 heteroatoms. The van der Waals surface area contributed by atoms with Crippen molar-refractivity contribution in [2.45, 2.75) is 77.6 Å². The van der Waals surface area contributed by atoms with Crippen LogP contribution in [0.1, 0.15) is 74.4 Å². The van der Waals surface area contributed by atoms with Gasteiger partial charge in [0.25, 0.3) is 5.91 Å². The highest BCUT2D eigenvalue weighted by atomic mass is 19.1. The van der Waals surface area contributed by atoms with E-state index in [-0.39, 0.29) is 55.7 Å². The maximum Gasteiger partial charge on any atom is 0.410 e. The van der Waals surface area contributed by atoms with Crippen molar-refractivity contribution in [3.8, 4) is 0 Å². The summed E-state index contributed by atoms with van der Waals surface area (Å²) in [7, 11) is 0. The van der Waals surface area contributed by atoms with Crippen molar-refractivity contribution in [3.63, 3.8) is 0 Å². The van der Waals surface area contributed by atoms with Gasteiger partial charge in [0.05, 0.1) is 29.2 Å². The first-order valence-electron chi connectivity index (χ1n) is 16.4. The SMILES string of the molecule is C[C@@H]1CN(CC(=O)N2CC(C)(C)c3nnc(Cc4ccc(F)cc4F)cc32)[C@@H](CN2Cc3cccc(F)c3C2=O)CN1C(=O)OC(C)(C)C. The van der Waals surface area contributed by atoms with E-state index in [1.807, 2.05) is 25.7 Å². The van der Waals surface area contributed by atoms with Crippen molar-refractivity contribution in [2.24, 2.45) is 0 Å². The Kier molecular flexibility index (Phi) is 8.93. The molecule has 0 saturated carbocycles. The van der Waals surface area contributed by atoms with Crippen LogP contribution < -0.4 is 4.90 Å². The molecule has 1 fully saturated rings. The molecule has 10 nitrogen and oxygen atoms in total. The largest absolute Gasteiger partial charge is 0.444 e. The first-order chi connectivity index (χ1) is 23.0.